The van der Waals surface area contributed by atoms with Crippen LogP contribution in [0.3, 0.4) is 0 Å². The molecule has 5 nitrogen and oxygen atoms in total. The lowest BCUT2D eigenvalue weighted by Gasteiger charge is -2.40. The van der Waals surface area contributed by atoms with E-state index in [1.54, 1.807) is 0 Å². The van der Waals surface area contributed by atoms with Gasteiger partial charge in [0, 0.05) is 18.0 Å². The highest BCUT2D eigenvalue weighted by Gasteiger charge is 2.34. The molecule has 1 aliphatic carbocycles. The first kappa shape index (κ1) is 14.3. The van der Waals surface area contributed by atoms with Gasteiger partial charge in [0.1, 0.15) is 5.84 Å². The summed E-state index contributed by atoms with van der Waals surface area (Å²) in [6, 6.07) is 0. The van der Waals surface area contributed by atoms with E-state index in [2.05, 4.69) is 17.4 Å². The summed E-state index contributed by atoms with van der Waals surface area (Å²) in [4.78, 5) is 0. The lowest BCUT2D eigenvalue weighted by Crippen LogP contribution is -2.53. The number of rotatable bonds is 5. The Morgan fingerprint density at radius 3 is 2.88 bits per heavy atom. The first-order valence-electron chi connectivity index (χ1n) is 6.36. The van der Waals surface area contributed by atoms with Crippen molar-refractivity contribution in [2.45, 2.75) is 45.1 Å². The molecule has 1 fully saturated rings. The van der Waals surface area contributed by atoms with Crippen molar-refractivity contribution in [2.75, 3.05) is 13.2 Å². The molecule has 0 bridgehead atoms. The zero-order valence-electron chi connectivity index (χ0n) is 10.8. The van der Waals surface area contributed by atoms with Crippen LogP contribution in [0.25, 0.3) is 0 Å². The van der Waals surface area contributed by atoms with E-state index in [1.165, 1.54) is 6.42 Å². The maximum atomic E-state index is 9.59. The highest BCUT2D eigenvalue weighted by atomic mass is 16.4. The molecular weight excluding hydrogens is 218 g/mol. The van der Waals surface area contributed by atoms with Gasteiger partial charge in [-0.3, -0.25) is 0 Å². The predicted octanol–water partition coefficient (Wildman–Crippen LogP) is 0.900. The van der Waals surface area contributed by atoms with Gasteiger partial charge in [-0.15, -0.1) is 0 Å². The van der Waals surface area contributed by atoms with Crippen LogP contribution < -0.4 is 11.1 Å². The van der Waals surface area contributed by atoms with Gasteiger partial charge < -0.3 is 21.4 Å². The van der Waals surface area contributed by atoms with E-state index < -0.39 is 0 Å². The first-order chi connectivity index (χ1) is 8.03. The second kappa shape index (κ2) is 6.21. The lowest BCUT2D eigenvalue weighted by molar-refractivity contribution is 0.0983. The molecule has 1 aliphatic rings. The fraction of sp³-hybridized carbons (Fsp3) is 0.917. The molecule has 1 saturated carbocycles. The first-order valence-corrected chi connectivity index (χ1v) is 6.36. The van der Waals surface area contributed by atoms with Crippen LogP contribution in [0.15, 0.2) is 5.16 Å². The molecule has 5 heteroatoms. The zero-order chi connectivity index (χ0) is 12.9. The van der Waals surface area contributed by atoms with Gasteiger partial charge in [0.2, 0.25) is 0 Å². The molecule has 0 saturated heterocycles. The molecule has 0 aliphatic heterocycles. The number of nitrogens with one attached hydrogen (secondary N) is 1. The Morgan fingerprint density at radius 2 is 2.35 bits per heavy atom. The summed E-state index contributed by atoms with van der Waals surface area (Å²) >= 11 is 0. The van der Waals surface area contributed by atoms with Crippen LogP contribution in [0.2, 0.25) is 0 Å². The number of aliphatic hydroxyl groups excluding tert-OH is 1. The molecule has 0 aromatic heterocycles. The van der Waals surface area contributed by atoms with Crippen molar-refractivity contribution in [3.63, 3.8) is 0 Å². The number of aliphatic hydroxyl groups is 1. The Bertz CT molecular complexity index is 270. The Kier molecular flexibility index (Phi) is 5.21. The third-order valence-electron chi connectivity index (χ3n) is 3.80. The Hall–Kier alpha value is -0.810. The van der Waals surface area contributed by atoms with Crippen LogP contribution >= 0.6 is 0 Å². The van der Waals surface area contributed by atoms with Crippen molar-refractivity contribution < 1.29 is 10.3 Å². The molecule has 0 aromatic rings. The van der Waals surface area contributed by atoms with E-state index in [4.69, 9.17) is 10.9 Å². The SMILES string of the molecule is CC1CCCC(CO)(NCC(C)C(N)=NO)C1. The largest absolute Gasteiger partial charge is 0.409 e. The molecule has 0 radical (unpaired) electrons. The standard InChI is InChI=1S/C12H25N3O2/c1-9-4-3-5-12(6-9,8-16)14-7-10(2)11(13)15-17/h9-10,14,16-17H,3-8H2,1-2H3,(H2,13,15). The second-order valence-electron chi connectivity index (χ2n) is 5.45. The molecule has 3 unspecified atom stereocenters. The molecule has 0 aromatic carbocycles. The van der Waals surface area contributed by atoms with Crippen molar-refractivity contribution in [3.05, 3.63) is 0 Å². The number of hydrogen-bond acceptors (Lipinski definition) is 4. The van der Waals surface area contributed by atoms with Gasteiger partial charge in [-0.25, -0.2) is 0 Å². The summed E-state index contributed by atoms with van der Waals surface area (Å²) in [6.45, 7) is 4.90. The monoisotopic (exact) mass is 243 g/mol. The minimum absolute atomic E-state index is 0.0272. The second-order valence-corrected chi connectivity index (χ2v) is 5.45. The minimum Gasteiger partial charge on any atom is -0.409 e. The van der Waals surface area contributed by atoms with Crippen molar-refractivity contribution in [1.29, 1.82) is 0 Å². The van der Waals surface area contributed by atoms with E-state index >= 15 is 0 Å². The third kappa shape index (κ3) is 3.85. The minimum atomic E-state index is -0.179. The van der Waals surface area contributed by atoms with Crippen LogP contribution in [-0.4, -0.2) is 34.8 Å². The van der Waals surface area contributed by atoms with Crippen LogP contribution in [0.5, 0.6) is 0 Å². The van der Waals surface area contributed by atoms with E-state index in [9.17, 15) is 5.11 Å². The summed E-state index contributed by atoms with van der Waals surface area (Å²) in [5.41, 5.74) is 5.36. The van der Waals surface area contributed by atoms with Gasteiger partial charge >= 0.3 is 0 Å². The Morgan fingerprint density at radius 1 is 1.65 bits per heavy atom. The Labute approximate surface area is 103 Å². The summed E-state index contributed by atoms with van der Waals surface area (Å²) in [5, 5.41) is 24.6. The average molecular weight is 243 g/mol. The molecule has 5 N–H and O–H groups in total. The van der Waals surface area contributed by atoms with Gasteiger partial charge in [-0.2, -0.15) is 0 Å². The average Bonchev–Trinajstić information content (AvgIpc) is 2.35. The molecule has 17 heavy (non-hydrogen) atoms. The Balaban J connectivity index is 2.51. The van der Waals surface area contributed by atoms with Crippen LogP contribution in [0.1, 0.15) is 39.5 Å². The quantitative estimate of drug-likeness (QED) is 0.250. The van der Waals surface area contributed by atoms with Gasteiger partial charge in [-0.1, -0.05) is 31.8 Å². The van der Waals surface area contributed by atoms with Gasteiger partial charge in [0.25, 0.3) is 0 Å². The molecular formula is C12H25N3O2. The molecule has 100 valence electrons. The normalized spacial score (nSPS) is 32.4. The van der Waals surface area contributed by atoms with Gasteiger partial charge in [0.15, 0.2) is 0 Å². The van der Waals surface area contributed by atoms with E-state index in [0.29, 0.717) is 12.5 Å². The summed E-state index contributed by atoms with van der Waals surface area (Å²) < 4.78 is 0. The van der Waals surface area contributed by atoms with Crippen molar-refractivity contribution >= 4 is 5.84 Å². The fourth-order valence-corrected chi connectivity index (χ4v) is 2.59. The topological polar surface area (TPSA) is 90.9 Å². The number of nitrogens with zero attached hydrogens (tertiary/aromatic N) is 1. The molecule has 0 heterocycles. The molecule has 0 spiro atoms. The van der Waals surface area contributed by atoms with E-state index in [0.717, 1.165) is 19.3 Å². The summed E-state index contributed by atoms with van der Waals surface area (Å²) in [5.74, 6) is 0.845. The van der Waals surface area contributed by atoms with Crippen LogP contribution in [0.4, 0.5) is 0 Å². The smallest absolute Gasteiger partial charge is 0.143 e. The predicted molar refractivity (Wildman–Crippen MR) is 68.0 cm³/mol. The van der Waals surface area contributed by atoms with E-state index in [1.807, 2.05) is 6.92 Å². The number of amidine groups is 1. The van der Waals surface area contributed by atoms with Crippen LogP contribution in [0, 0.1) is 11.8 Å². The maximum absolute atomic E-state index is 9.59. The van der Waals surface area contributed by atoms with Gasteiger partial charge in [0.05, 0.1) is 6.61 Å². The number of nitrogens with two attached hydrogens (primary N) is 1. The maximum Gasteiger partial charge on any atom is 0.143 e. The third-order valence-corrected chi connectivity index (χ3v) is 3.80. The molecule has 1 rings (SSSR count). The summed E-state index contributed by atoms with van der Waals surface area (Å²) in [7, 11) is 0. The zero-order valence-corrected chi connectivity index (χ0v) is 10.8. The number of hydrogen-bond donors (Lipinski definition) is 4. The molecule has 3 atom stereocenters. The van der Waals surface area contributed by atoms with Crippen molar-refractivity contribution in [3.8, 4) is 0 Å². The summed E-state index contributed by atoms with van der Waals surface area (Å²) in [6.07, 6.45) is 4.37. The van der Waals surface area contributed by atoms with Gasteiger partial charge in [-0.05, 0) is 18.8 Å². The van der Waals surface area contributed by atoms with E-state index in [-0.39, 0.29) is 23.9 Å². The number of oxime groups is 1. The highest BCUT2D eigenvalue weighted by Crippen LogP contribution is 2.31. The fourth-order valence-electron chi connectivity index (χ4n) is 2.59. The molecule has 0 amide bonds. The van der Waals surface area contributed by atoms with Crippen LogP contribution in [-0.2, 0) is 0 Å². The highest BCUT2D eigenvalue weighted by molar-refractivity contribution is 5.82. The lowest BCUT2D eigenvalue weighted by atomic mass is 9.76. The van der Waals surface area contributed by atoms with Crippen molar-refractivity contribution in [1.82, 2.24) is 5.32 Å². The van der Waals surface area contributed by atoms with Crippen molar-refractivity contribution in [2.24, 2.45) is 22.7 Å².